The van der Waals surface area contributed by atoms with E-state index in [9.17, 15) is 14.0 Å². The fraction of sp³-hybridized carbons (Fsp3) is 0.381. The molecule has 0 fully saturated rings. The molecule has 0 bridgehead atoms. The van der Waals surface area contributed by atoms with Gasteiger partial charge in [0, 0.05) is 20.1 Å². The number of carbonyl (C=O) groups is 2. The zero-order valence-electron chi connectivity index (χ0n) is 16.9. The Morgan fingerprint density at radius 3 is 2.59 bits per heavy atom. The summed E-state index contributed by atoms with van der Waals surface area (Å²) in [6.45, 7) is 4.10. The van der Waals surface area contributed by atoms with Crippen molar-refractivity contribution in [3.05, 3.63) is 53.1 Å². The molecule has 1 heterocycles. The van der Waals surface area contributed by atoms with E-state index in [0.717, 1.165) is 11.3 Å². The van der Waals surface area contributed by atoms with Crippen LogP contribution >= 0.6 is 0 Å². The molecule has 1 aromatic rings. The molecule has 1 unspecified atom stereocenters. The van der Waals surface area contributed by atoms with E-state index in [1.807, 2.05) is 6.92 Å². The number of rotatable bonds is 8. The Morgan fingerprint density at radius 1 is 1.28 bits per heavy atom. The molecule has 0 aromatic heterocycles. The minimum Gasteiger partial charge on any atom is -0.481 e. The number of hydrogen-bond acceptors (Lipinski definition) is 5. The highest BCUT2D eigenvalue weighted by atomic mass is 19.1. The number of aliphatic imine (C=N–C) groups is 1. The fourth-order valence-electron chi connectivity index (χ4n) is 2.76. The molecule has 8 heteroatoms. The Labute approximate surface area is 169 Å². The summed E-state index contributed by atoms with van der Waals surface area (Å²) in [7, 11) is 1.61. The van der Waals surface area contributed by atoms with Crippen LogP contribution in [0.1, 0.15) is 32.3 Å². The number of benzene rings is 1. The summed E-state index contributed by atoms with van der Waals surface area (Å²) < 4.78 is 18.6. The molecule has 2 rings (SSSR count). The lowest BCUT2D eigenvalue weighted by atomic mass is 10.1. The van der Waals surface area contributed by atoms with E-state index in [1.54, 1.807) is 38.3 Å². The van der Waals surface area contributed by atoms with Crippen molar-refractivity contribution in [1.29, 1.82) is 0 Å². The summed E-state index contributed by atoms with van der Waals surface area (Å²) >= 11 is 0. The van der Waals surface area contributed by atoms with Crippen LogP contribution < -0.4 is 4.90 Å². The molecule has 1 aromatic carbocycles. The van der Waals surface area contributed by atoms with Gasteiger partial charge in [0.05, 0.1) is 13.7 Å². The van der Waals surface area contributed by atoms with Crippen molar-refractivity contribution in [1.82, 2.24) is 4.90 Å². The number of quaternary nitrogens is 1. The Morgan fingerprint density at radius 2 is 1.97 bits per heavy atom. The molecule has 0 saturated carbocycles. The van der Waals surface area contributed by atoms with E-state index in [-0.39, 0.29) is 36.8 Å². The van der Waals surface area contributed by atoms with Gasteiger partial charge in [0.1, 0.15) is 11.4 Å². The number of halogens is 1. The first-order valence-electron chi connectivity index (χ1n) is 9.56. The summed E-state index contributed by atoms with van der Waals surface area (Å²) in [5.74, 6) is -0.228. The molecule has 7 nitrogen and oxygen atoms in total. The SMILES string of the molecule is CCCO/C(C)=N/C1=C(/C=C/c2ccc(F)cc2)C(=O)N(CCCO)C(=O)[NH+]1C. The van der Waals surface area contributed by atoms with Gasteiger partial charge >= 0.3 is 6.03 Å². The van der Waals surface area contributed by atoms with Crippen LogP contribution in [0.25, 0.3) is 6.08 Å². The number of aliphatic hydroxyl groups excluding tert-OH is 1. The maximum Gasteiger partial charge on any atom is 0.430 e. The molecular formula is C21H27FN3O4+. The average Bonchev–Trinajstić information content (AvgIpc) is 2.71. The second-order valence-electron chi connectivity index (χ2n) is 6.59. The molecule has 1 aliphatic heterocycles. The van der Waals surface area contributed by atoms with Crippen molar-refractivity contribution in [3.8, 4) is 0 Å². The molecule has 3 amide bonds. The first-order chi connectivity index (χ1) is 13.9. The van der Waals surface area contributed by atoms with E-state index in [0.29, 0.717) is 23.0 Å². The van der Waals surface area contributed by atoms with Crippen molar-refractivity contribution < 1.29 is 28.7 Å². The van der Waals surface area contributed by atoms with Crippen LogP contribution in [0.3, 0.4) is 0 Å². The van der Waals surface area contributed by atoms with E-state index >= 15 is 0 Å². The lowest BCUT2D eigenvalue weighted by Crippen LogP contribution is -3.12. The zero-order chi connectivity index (χ0) is 21.4. The maximum absolute atomic E-state index is 13.1. The summed E-state index contributed by atoms with van der Waals surface area (Å²) in [5, 5.41) is 9.08. The minimum absolute atomic E-state index is 0.113. The van der Waals surface area contributed by atoms with Crippen LogP contribution in [0, 0.1) is 5.82 Å². The standard InChI is InChI=1S/C21H26FN3O4/c1-4-14-29-15(2)23-19-18(11-8-16-6-9-17(22)10-7-16)20(27)25(12-5-13-26)21(28)24(19)3/h6-11,26H,4-5,12-14H2,1-3H3/p+1/b11-8+,23-15+. The van der Waals surface area contributed by atoms with Gasteiger partial charge in [-0.3, -0.25) is 4.79 Å². The van der Waals surface area contributed by atoms with Crippen molar-refractivity contribution in [2.45, 2.75) is 26.7 Å². The third-order valence-electron chi connectivity index (χ3n) is 4.29. The summed E-state index contributed by atoms with van der Waals surface area (Å²) in [5.41, 5.74) is 0.939. The first kappa shape index (κ1) is 22.4. The van der Waals surface area contributed by atoms with Gasteiger partial charge in [0.25, 0.3) is 11.7 Å². The molecule has 1 aliphatic rings. The minimum atomic E-state index is -0.491. The molecule has 0 aliphatic carbocycles. The number of aliphatic hydroxyl groups is 1. The van der Waals surface area contributed by atoms with Gasteiger partial charge in [0.15, 0.2) is 5.90 Å². The Hall–Kier alpha value is -2.84. The highest BCUT2D eigenvalue weighted by molar-refractivity contribution is 6.06. The van der Waals surface area contributed by atoms with Crippen LogP contribution in [0.15, 0.2) is 46.7 Å². The highest BCUT2D eigenvalue weighted by Gasteiger charge is 2.41. The van der Waals surface area contributed by atoms with E-state index in [2.05, 4.69) is 4.99 Å². The van der Waals surface area contributed by atoms with Crippen molar-refractivity contribution in [2.24, 2.45) is 4.99 Å². The average molecular weight is 404 g/mol. The highest BCUT2D eigenvalue weighted by Crippen LogP contribution is 2.16. The largest absolute Gasteiger partial charge is 0.481 e. The Balaban J connectivity index is 2.47. The first-order valence-corrected chi connectivity index (χ1v) is 9.56. The summed E-state index contributed by atoms with van der Waals surface area (Å²) in [4.78, 5) is 31.5. The predicted octanol–water partition coefficient (Wildman–Crippen LogP) is 1.75. The topological polar surface area (TPSA) is 83.6 Å². The Bertz CT molecular complexity index is 831. The third kappa shape index (κ3) is 5.82. The molecule has 29 heavy (non-hydrogen) atoms. The smallest absolute Gasteiger partial charge is 0.430 e. The molecule has 1 atom stereocenters. The molecular weight excluding hydrogens is 377 g/mol. The van der Waals surface area contributed by atoms with E-state index in [1.165, 1.54) is 12.1 Å². The van der Waals surface area contributed by atoms with Crippen LogP contribution in [-0.2, 0) is 9.53 Å². The van der Waals surface area contributed by atoms with Crippen molar-refractivity contribution in [2.75, 3.05) is 26.8 Å². The van der Waals surface area contributed by atoms with Gasteiger partial charge in [0.2, 0.25) is 0 Å². The summed E-state index contributed by atoms with van der Waals surface area (Å²) in [6, 6.07) is 5.39. The van der Waals surface area contributed by atoms with Crippen LogP contribution in [0.5, 0.6) is 0 Å². The van der Waals surface area contributed by atoms with Crippen molar-refractivity contribution >= 4 is 23.9 Å². The second-order valence-corrected chi connectivity index (χ2v) is 6.59. The monoisotopic (exact) mass is 404 g/mol. The van der Waals surface area contributed by atoms with E-state index < -0.39 is 11.9 Å². The lowest BCUT2D eigenvalue weighted by molar-refractivity contribution is -0.755. The quantitative estimate of drug-likeness (QED) is 0.511. The number of nitrogens with zero attached hydrogens (tertiary/aromatic N) is 2. The molecule has 156 valence electrons. The fourth-order valence-corrected chi connectivity index (χ4v) is 2.76. The second kappa shape index (κ2) is 10.6. The number of imide groups is 1. The number of ether oxygens (including phenoxy) is 1. The van der Waals surface area contributed by atoms with Gasteiger partial charge in [-0.15, -0.1) is 0 Å². The van der Waals surface area contributed by atoms with Gasteiger partial charge in [-0.25, -0.2) is 19.0 Å². The normalized spacial score (nSPS) is 18.2. The number of urea groups is 1. The van der Waals surface area contributed by atoms with E-state index in [4.69, 9.17) is 9.84 Å². The lowest BCUT2D eigenvalue weighted by Gasteiger charge is -2.28. The summed E-state index contributed by atoms with van der Waals surface area (Å²) in [6.07, 6.45) is 4.33. The van der Waals surface area contributed by atoms with Gasteiger partial charge in [-0.05, 0) is 36.6 Å². The third-order valence-corrected chi connectivity index (χ3v) is 4.29. The van der Waals surface area contributed by atoms with Gasteiger partial charge < -0.3 is 9.84 Å². The molecule has 0 saturated heterocycles. The van der Waals surface area contributed by atoms with Crippen LogP contribution in [0.2, 0.25) is 0 Å². The number of carbonyl (C=O) groups excluding carboxylic acids is 2. The molecule has 0 spiro atoms. The van der Waals surface area contributed by atoms with Crippen LogP contribution in [-0.4, -0.2) is 54.6 Å². The Kier molecular flexibility index (Phi) is 8.23. The zero-order valence-corrected chi connectivity index (χ0v) is 16.9. The molecule has 0 radical (unpaired) electrons. The van der Waals surface area contributed by atoms with Gasteiger partial charge in [-0.1, -0.05) is 25.1 Å². The maximum atomic E-state index is 13.1. The number of hydrogen-bond donors (Lipinski definition) is 2. The van der Waals surface area contributed by atoms with Crippen LogP contribution in [0.4, 0.5) is 9.18 Å². The molecule has 2 N–H and O–H groups in total. The number of amides is 3. The van der Waals surface area contributed by atoms with Crippen molar-refractivity contribution in [3.63, 3.8) is 0 Å². The van der Waals surface area contributed by atoms with Gasteiger partial charge in [-0.2, -0.15) is 4.99 Å². The predicted molar refractivity (Wildman–Crippen MR) is 108 cm³/mol. The number of nitrogens with one attached hydrogen (secondary N) is 1.